The number of benzene rings is 1. The summed E-state index contributed by atoms with van der Waals surface area (Å²) >= 11 is 0. The van der Waals surface area contributed by atoms with Crippen molar-refractivity contribution < 1.29 is 14.3 Å². The molecule has 2 rings (SSSR count). The molecule has 144 valence electrons. The van der Waals surface area contributed by atoms with Gasteiger partial charge in [-0.2, -0.15) is 0 Å². The molecule has 1 amide bonds. The molecule has 0 heterocycles. The minimum Gasteiger partial charge on any atom is -0.497 e. The van der Waals surface area contributed by atoms with Crippen molar-refractivity contribution in [3.8, 4) is 5.75 Å². The quantitative estimate of drug-likeness (QED) is 0.688. The highest BCUT2D eigenvalue weighted by atomic mass is 16.6. The normalized spacial score (nSPS) is 17.8. The van der Waals surface area contributed by atoms with Gasteiger partial charge < -0.3 is 14.8 Å². The molecule has 0 aromatic heterocycles. The van der Waals surface area contributed by atoms with E-state index in [1.165, 1.54) is 19.3 Å². The first-order valence-corrected chi connectivity index (χ1v) is 9.60. The minimum absolute atomic E-state index is 0.0176. The van der Waals surface area contributed by atoms with E-state index in [0.717, 1.165) is 24.2 Å². The Morgan fingerprint density at radius 2 is 1.81 bits per heavy atom. The first kappa shape index (κ1) is 20.3. The third kappa shape index (κ3) is 5.79. The molecule has 1 fully saturated rings. The Balaban J connectivity index is 2.23. The standard InChI is InChI=1S/C22H33NO3/c1-6-19(16-12-14-18(25-5)15-13-16)20(17-10-8-7-9-11-17)23-21(24)26-22(2,3)4/h6,12-15,17,19-20H,1,7-11H2,2-5H3,(H,23,24)/t19-,20+/m0/s1. The molecule has 1 aliphatic carbocycles. The van der Waals surface area contributed by atoms with Crippen molar-refractivity contribution in [2.75, 3.05) is 7.11 Å². The average Bonchev–Trinajstić information content (AvgIpc) is 2.61. The molecule has 1 aliphatic rings. The molecule has 0 unspecified atom stereocenters. The van der Waals surface area contributed by atoms with E-state index in [4.69, 9.17) is 9.47 Å². The van der Waals surface area contributed by atoms with Gasteiger partial charge in [-0.25, -0.2) is 4.79 Å². The Hall–Kier alpha value is -1.97. The maximum absolute atomic E-state index is 12.5. The van der Waals surface area contributed by atoms with Crippen LogP contribution in [0.15, 0.2) is 36.9 Å². The van der Waals surface area contributed by atoms with E-state index >= 15 is 0 Å². The van der Waals surface area contributed by atoms with Gasteiger partial charge in [0.1, 0.15) is 11.4 Å². The Morgan fingerprint density at radius 3 is 2.31 bits per heavy atom. The van der Waals surface area contributed by atoms with E-state index in [0.29, 0.717) is 5.92 Å². The summed E-state index contributed by atoms with van der Waals surface area (Å²) in [4.78, 5) is 12.5. The number of rotatable bonds is 6. The summed E-state index contributed by atoms with van der Waals surface area (Å²) in [5.74, 6) is 1.30. The Labute approximate surface area is 158 Å². The van der Waals surface area contributed by atoms with Gasteiger partial charge >= 0.3 is 6.09 Å². The largest absolute Gasteiger partial charge is 0.497 e. The lowest BCUT2D eigenvalue weighted by molar-refractivity contribution is 0.0470. The monoisotopic (exact) mass is 359 g/mol. The van der Waals surface area contributed by atoms with E-state index in [-0.39, 0.29) is 18.1 Å². The van der Waals surface area contributed by atoms with Gasteiger partial charge in [-0.1, -0.05) is 37.5 Å². The first-order valence-electron chi connectivity index (χ1n) is 9.60. The molecule has 4 heteroatoms. The van der Waals surface area contributed by atoms with Crippen LogP contribution >= 0.6 is 0 Å². The number of nitrogens with one attached hydrogen (secondary N) is 1. The lowest BCUT2D eigenvalue weighted by Crippen LogP contribution is -2.46. The summed E-state index contributed by atoms with van der Waals surface area (Å²) < 4.78 is 10.8. The molecule has 0 saturated heterocycles. The number of hydrogen-bond acceptors (Lipinski definition) is 3. The Morgan fingerprint density at radius 1 is 1.19 bits per heavy atom. The van der Waals surface area contributed by atoms with Crippen LogP contribution < -0.4 is 10.1 Å². The second kappa shape index (κ2) is 9.11. The number of ether oxygens (including phenoxy) is 2. The van der Waals surface area contributed by atoms with Crippen LogP contribution in [0.1, 0.15) is 64.4 Å². The van der Waals surface area contributed by atoms with Gasteiger partial charge in [-0.05, 0) is 57.2 Å². The third-order valence-corrected chi connectivity index (χ3v) is 4.98. The second-order valence-electron chi connectivity index (χ2n) is 8.10. The van der Waals surface area contributed by atoms with Crippen LogP contribution in [0.2, 0.25) is 0 Å². The molecule has 1 N–H and O–H groups in total. The van der Waals surface area contributed by atoms with Gasteiger partial charge in [-0.3, -0.25) is 0 Å². The molecular weight excluding hydrogens is 326 g/mol. The summed E-state index contributed by atoms with van der Waals surface area (Å²) in [6, 6.07) is 8.00. The fourth-order valence-corrected chi connectivity index (χ4v) is 3.75. The molecule has 0 aliphatic heterocycles. The van der Waals surface area contributed by atoms with Crippen molar-refractivity contribution in [1.29, 1.82) is 0 Å². The van der Waals surface area contributed by atoms with Crippen LogP contribution in [0.4, 0.5) is 4.79 Å². The third-order valence-electron chi connectivity index (χ3n) is 4.98. The maximum Gasteiger partial charge on any atom is 0.407 e. The van der Waals surface area contributed by atoms with Crippen molar-refractivity contribution in [2.45, 2.75) is 70.4 Å². The number of carbonyl (C=O) groups excluding carboxylic acids is 1. The predicted octanol–water partition coefficient (Wildman–Crippen LogP) is 5.44. The van der Waals surface area contributed by atoms with Crippen LogP contribution in [0.25, 0.3) is 0 Å². The number of hydrogen-bond donors (Lipinski definition) is 1. The minimum atomic E-state index is -0.509. The lowest BCUT2D eigenvalue weighted by Gasteiger charge is -2.36. The second-order valence-corrected chi connectivity index (χ2v) is 8.10. The highest BCUT2D eigenvalue weighted by Gasteiger charge is 2.32. The van der Waals surface area contributed by atoms with Crippen molar-refractivity contribution in [3.05, 3.63) is 42.5 Å². The van der Waals surface area contributed by atoms with E-state index in [1.807, 2.05) is 39.0 Å². The zero-order valence-corrected chi connectivity index (χ0v) is 16.6. The van der Waals surface area contributed by atoms with E-state index in [9.17, 15) is 4.79 Å². The zero-order valence-electron chi connectivity index (χ0n) is 16.6. The SMILES string of the molecule is C=C[C@@H](c1ccc(OC)cc1)[C@H](NC(=O)OC(C)(C)C)C1CCCCC1. The van der Waals surface area contributed by atoms with Gasteiger partial charge in [-0.15, -0.1) is 6.58 Å². The molecule has 0 spiro atoms. The molecule has 1 saturated carbocycles. The van der Waals surface area contributed by atoms with Crippen molar-refractivity contribution in [1.82, 2.24) is 5.32 Å². The average molecular weight is 360 g/mol. The topological polar surface area (TPSA) is 47.6 Å². The van der Waals surface area contributed by atoms with Crippen molar-refractivity contribution in [2.24, 2.45) is 5.92 Å². The summed E-state index contributed by atoms with van der Waals surface area (Å²) in [5, 5.41) is 3.16. The summed E-state index contributed by atoms with van der Waals surface area (Å²) in [7, 11) is 1.66. The smallest absolute Gasteiger partial charge is 0.407 e. The molecule has 0 radical (unpaired) electrons. The summed E-state index contributed by atoms with van der Waals surface area (Å²) in [5.41, 5.74) is 0.623. The van der Waals surface area contributed by atoms with Gasteiger partial charge in [0, 0.05) is 12.0 Å². The fraction of sp³-hybridized carbons (Fsp3) is 0.591. The van der Waals surface area contributed by atoms with Crippen LogP contribution in [-0.2, 0) is 4.74 Å². The number of methoxy groups -OCH3 is 1. The molecule has 1 aromatic rings. The summed E-state index contributed by atoms with van der Waals surface area (Å²) in [6.07, 6.45) is 7.54. The van der Waals surface area contributed by atoms with Crippen molar-refractivity contribution >= 4 is 6.09 Å². The highest BCUT2D eigenvalue weighted by molar-refractivity contribution is 5.68. The van der Waals surface area contributed by atoms with Gasteiger partial charge in [0.05, 0.1) is 7.11 Å². The predicted molar refractivity (Wildman–Crippen MR) is 106 cm³/mol. The van der Waals surface area contributed by atoms with Crippen LogP contribution in [0, 0.1) is 5.92 Å². The molecule has 0 bridgehead atoms. The van der Waals surface area contributed by atoms with E-state index in [2.05, 4.69) is 24.0 Å². The Kier molecular flexibility index (Phi) is 7.13. The number of carbonyl (C=O) groups is 1. The van der Waals surface area contributed by atoms with Gasteiger partial charge in [0.25, 0.3) is 0 Å². The van der Waals surface area contributed by atoms with Gasteiger partial charge in [0.2, 0.25) is 0 Å². The van der Waals surface area contributed by atoms with Gasteiger partial charge in [0.15, 0.2) is 0 Å². The summed E-state index contributed by atoms with van der Waals surface area (Å²) in [6.45, 7) is 9.71. The van der Waals surface area contributed by atoms with Crippen molar-refractivity contribution in [3.63, 3.8) is 0 Å². The van der Waals surface area contributed by atoms with E-state index < -0.39 is 5.60 Å². The highest BCUT2D eigenvalue weighted by Crippen LogP contribution is 2.35. The van der Waals surface area contributed by atoms with Crippen LogP contribution in [-0.4, -0.2) is 24.8 Å². The molecular formula is C22H33NO3. The Bertz CT molecular complexity index is 582. The molecule has 26 heavy (non-hydrogen) atoms. The maximum atomic E-state index is 12.5. The molecule has 4 nitrogen and oxygen atoms in total. The number of alkyl carbamates (subject to hydrolysis) is 1. The lowest BCUT2D eigenvalue weighted by atomic mass is 9.76. The first-order chi connectivity index (χ1) is 12.3. The van der Waals surface area contributed by atoms with Crippen LogP contribution in [0.3, 0.4) is 0 Å². The molecule has 1 aromatic carbocycles. The zero-order chi connectivity index (χ0) is 19.2. The number of amides is 1. The fourth-order valence-electron chi connectivity index (χ4n) is 3.75. The van der Waals surface area contributed by atoms with E-state index in [1.54, 1.807) is 7.11 Å². The molecule has 2 atom stereocenters. The van der Waals surface area contributed by atoms with Crippen LogP contribution in [0.5, 0.6) is 5.75 Å².